The largest absolute Gasteiger partial charge is 0.356 e. The molecule has 7 nitrogen and oxygen atoms in total. The standard InChI is InChI=1S/C22H30FN5O2S/c1-14(2)12-28-19(25-26-22(28)31-4)6-5-9-24-21(30)16-11-20(29)27(13-16)18-8-7-15(3)10-17(18)23/h7-8,10,14,16H,5-6,9,11-13H2,1-4H3,(H,24,30). The Morgan fingerprint density at radius 1 is 1.35 bits per heavy atom. The maximum absolute atomic E-state index is 14.2. The summed E-state index contributed by atoms with van der Waals surface area (Å²) < 4.78 is 16.4. The second-order valence-corrected chi connectivity index (χ2v) is 9.14. The number of aromatic nitrogens is 3. The number of rotatable bonds is 9. The van der Waals surface area contributed by atoms with Crippen LogP contribution >= 0.6 is 11.8 Å². The molecule has 0 aliphatic carbocycles. The third-order valence-electron chi connectivity index (χ3n) is 5.29. The SMILES string of the molecule is CSc1nnc(CCCNC(=O)C2CC(=O)N(c3ccc(C)cc3F)C2)n1CC(C)C. The summed E-state index contributed by atoms with van der Waals surface area (Å²) in [6.45, 7) is 7.66. The molecule has 1 atom stereocenters. The van der Waals surface area contributed by atoms with Gasteiger partial charge >= 0.3 is 0 Å². The van der Waals surface area contributed by atoms with E-state index in [2.05, 4.69) is 33.9 Å². The van der Waals surface area contributed by atoms with Gasteiger partial charge in [-0.25, -0.2) is 4.39 Å². The van der Waals surface area contributed by atoms with Crippen molar-refractivity contribution < 1.29 is 14.0 Å². The number of anilines is 1. The molecule has 168 valence electrons. The summed E-state index contributed by atoms with van der Waals surface area (Å²) in [6, 6.07) is 4.76. The van der Waals surface area contributed by atoms with Crippen molar-refractivity contribution in [2.75, 3.05) is 24.2 Å². The molecule has 0 spiro atoms. The molecule has 3 rings (SSSR count). The third-order valence-corrected chi connectivity index (χ3v) is 5.96. The second kappa shape index (κ2) is 10.3. The highest BCUT2D eigenvalue weighted by Crippen LogP contribution is 2.28. The molecule has 1 N–H and O–H groups in total. The van der Waals surface area contributed by atoms with Crippen LogP contribution in [0.2, 0.25) is 0 Å². The van der Waals surface area contributed by atoms with E-state index in [0.29, 0.717) is 18.9 Å². The molecule has 1 aliphatic heterocycles. The van der Waals surface area contributed by atoms with E-state index >= 15 is 0 Å². The monoisotopic (exact) mass is 447 g/mol. The Morgan fingerprint density at radius 3 is 2.81 bits per heavy atom. The number of nitrogens with one attached hydrogen (secondary N) is 1. The van der Waals surface area contributed by atoms with Crippen molar-refractivity contribution in [1.82, 2.24) is 20.1 Å². The van der Waals surface area contributed by atoms with Crippen LogP contribution in [0, 0.1) is 24.6 Å². The molecule has 2 heterocycles. The van der Waals surface area contributed by atoms with Gasteiger partial charge in [0.2, 0.25) is 11.8 Å². The summed E-state index contributed by atoms with van der Waals surface area (Å²) in [4.78, 5) is 26.3. The molecule has 1 saturated heterocycles. The number of nitrogens with zero attached hydrogens (tertiary/aromatic N) is 4. The maximum Gasteiger partial charge on any atom is 0.227 e. The van der Waals surface area contributed by atoms with Crippen LogP contribution in [0.25, 0.3) is 0 Å². The third kappa shape index (κ3) is 5.64. The van der Waals surface area contributed by atoms with Crippen molar-refractivity contribution in [3.63, 3.8) is 0 Å². The smallest absolute Gasteiger partial charge is 0.227 e. The predicted octanol–water partition coefficient (Wildman–Crippen LogP) is 3.21. The highest BCUT2D eigenvalue weighted by molar-refractivity contribution is 7.98. The van der Waals surface area contributed by atoms with E-state index in [0.717, 1.165) is 29.5 Å². The first-order valence-electron chi connectivity index (χ1n) is 10.6. The molecule has 0 radical (unpaired) electrons. The number of benzene rings is 1. The zero-order valence-electron chi connectivity index (χ0n) is 18.5. The van der Waals surface area contributed by atoms with Crippen molar-refractivity contribution >= 4 is 29.3 Å². The lowest BCUT2D eigenvalue weighted by atomic mass is 10.1. The molecule has 0 saturated carbocycles. The lowest BCUT2D eigenvalue weighted by molar-refractivity contribution is -0.126. The quantitative estimate of drug-likeness (QED) is 0.472. The van der Waals surface area contributed by atoms with E-state index in [-0.39, 0.29) is 30.5 Å². The molecule has 2 aromatic rings. The van der Waals surface area contributed by atoms with Crippen LogP contribution in [-0.4, -0.2) is 45.9 Å². The minimum atomic E-state index is -0.471. The minimum Gasteiger partial charge on any atom is -0.356 e. The second-order valence-electron chi connectivity index (χ2n) is 8.36. The van der Waals surface area contributed by atoms with E-state index in [9.17, 15) is 14.0 Å². The molecule has 1 fully saturated rings. The Hall–Kier alpha value is -2.42. The van der Waals surface area contributed by atoms with Crippen LogP contribution in [0.15, 0.2) is 23.4 Å². The molecule has 1 unspecified atom stereocenters. The van der Waals surface area contributed by atoms with Crippen molar-refractivity contribution in [2.24, 2.45) is 11.8 Å². The Balaban J connectivity index is 1.51. The van der Waals surface area contributed by atoms with Gasteiger partial charge in [-0.05, 0) is 43.2 Å². The average molecular weight is 448 g/mol. The Bertz CT molecular complexity index is 946. The first kappa shape index (κ1) is 23.2. The van der Waals surface area contributed by atoms with Gasteiger partial charge in [0, 0.05) is 32.5 Å². The number of carbonyl (C=O) groups is 2. The van der Waals surface area contributed by atoms with Crippen molar-refractivity contribution in [3.8, 4) is 0 Å². The molecule has 9 heteroatoms. The minimum absolute atomic E-state index is 0.0962. The van der Waals surface area contributed by atoms with Gasteiger partial charge in [-0.1, -0.05) is 31.7 Å². The van der Waals surface area contributed by atoms with Gasteiger partial charge in [0.25, 0.3) is 0 Å². The van der Waals surface area contributed by atoms with Crippen molar-refractivity contribution in [2.45, 2.75) is 51.7 Å². The van der Waals surface area contributed by atoms with Crippen LogP contribution in [0.4, 0.5) is 10.1 Å². The Labute approximate surface area is 186 Å². The topological polar surface area (TPSA) is 80.1 Å². The van der Waals surface area contributed by atoms with Gasteiger partial charge in [0.15, 0.2) is 5.16 Å². The number of hydrogen-bond acceptors (Lipinski definition) is 5. The summed E-state index contributed by atoms with van der Waals surface area (Å²) in [5, 5.41) is 12.4. The fourth-order valence-electron chi connectivity index (χ4n) is 3.75. The normalized spacial score (nSPS) is 16.4. The summed E-state index contributed by atoms with van der Waals surface area (Å²) in [6.07, 6.45) is 3.52. The molecule has 1 aliphatic rings. The van der Waals surface area contributed by atoms with Gasteiger partial charge in [-0.2, -0.15) is 0 Å². The number of thioether (sulfide) groups is 1. The van der Waals surface area contributed by atoms with Crippen LogP contribution < -0.4 is 10.2 Å². The van der Waals surface area contributed by atoms with Crippen molar-refractivity contribution in [1.29, 1.82) is 0 Å². The number of carbonyl (C=O) groups excluding carboxylic acids is 2. The summed E-state index contributed by atoms with van der Waals surface area (Å²) in [5.74, 6) is 0.0995. The molecule has 0 bridgehead atoms. The highest BCUT2D eigenvalue weighted by Gasteiger charge is 2.36. The summed E-state index contributed by atoms with van der Waals surface area (Å²) in [5.41, 5.74) is 1.02. The van der Waals surface area contributed by atoms with Crippen LogP contribution in [0.1, 0.15) is 38.1 Å². The zero-order chi connectivity index (χ0) is 22.5. The van der Waals surface area contributed by atoms with E-state index in [1.165, 1.54) is 11.0 Å². The molecule has 31 heavy (non-hydrogen) atoms. The summed E-state index contributed by atoms with van der Waals surface area (Å²) in [7, 11) is 0. The maximum atomic E-state index is 14.2. The van der Waals surface area contributed by atoms with Gasteiger partial charge in [-0.15, -0.1) is 10.2 Å². The van der Waals surface area contributed by atoms with Crippen LogP contribution in [0.5, 0.6) is 0 Å². The Morgan fingerprint density at radius 2 is 2.13 bits per heavy atom. The first-order chi connectivity index (χ1) is 14.8. The lowest BCUT2D eigenvalue weighted by Crippen LogP contribution is -2.34. The molecule has 1 aromatic carbocycles. The number of aryl methyl sites for hydroxylation is 2. The predicted molar refractivity (Wildman–Crippen MR) is 120 cm³/mol. The zero-order valence-corrected chi connectivity index (χ0v) is 19.3. The molecular weight excluding hydrogens is 417 g/mol. The summed E-state index contributed by atoms with van der Waals surface area (Å²) >= 11 is 1.58. The molecule has 2 amide bonds. The van der Waals surface area contributed by atoms with E-state index in [1.807, 2.05) is 6.26 Å². The van der Waals surface area contributed by atoms with Gasteiger partial charge in [0.1, 0.15) is 11.6 Å². The number of amides is 2. The van der Waals surface area contributed by atoms with E-state index in [1.54, 1.807) is 30.8 Å². The van der Waals surface area contributed by atoms with Gasteiger partial charge in [0.05, 0.1) is 11.6 Å². The number of halogens is 1. The molecular formula is C22H30FN5O2S. The van der Waals surface area contributed by atoms with Gasteiger partial charge in [-0.3, -0.25) is 9.59 Å². The van der Waals surface area contributed by atoms with Crippen LogP contribution in [-0.2, 0) is 22.6 Å². The molecule has 1 aromatic heterocycles. The van der Waals surface area contributed by atoms with Crippen LogP contribution in [0.3, 0.4) is 0 Å². The lowest BCUT2D eigenvalue weighted by Gasteiger charge is -2.18. The number of hydrogen-bond donors (Lipinski definition) is 1. The van der Waals surface area contributed by atoms with E-state index < -0.39 is 11.7 Å². The highest BCUT2D eigenvalue weighted by atomic mass is 32.2. The van der Waals surface area contributed by atoms with Gasteiger partial charge < -0.3 is 14.8 Å². The first-order valence-corrected chi connectivity index (χ1v) is 11.8. The average Bonchev–Trinajstić information content (AvgIpc) is 3.28. The van der Waals surface area contributed by atoms with E-state index in [4.69, 9.17) is 0 Å². The Kier molecular flexibility index (Phi) is 7.69. The fourth-order valence-corrected chi connectivity index (χ4v) is 4.28. The fraction of sp³-hybridized carbons (Fsp3) is 0.545. The van der Waals surface area contributed by atoms with Crippen molar-refractivity contribution in [3.05, 3.63) is 35.4 Å².